The van der Waals surface area contributed by atoms with E-state index in [-0.39, 0.29) is 12.5 Å². The summed E-state index contributed by atoms with van der Waals surface area (Å²) in [6.45, 7) is 1.98. The van der Waals surface area contributed by atoms with Crippen LogP contribution in [-0.2, 0) is 9.84 Å². The highest BCUT2D eigenvalue weighted by molar-refractivity contribution is 7.93. The van der Waals surface area contributed by atoms with Gasteiger partial charge in [-0.1, -0.05) is 24.3 Å². The Hall–Kier alpha value is -2.21. The minimum atomic E-state index is -3.17. The number of pyridine rings is 1. The van der Waals surface area contributed by atoms with Crippen LogP contribution in [0.5, 0.6) is 0 Å². The quantitative estimate of drug-likeness (QED) is 0.935. The summed E-state index contributed by atoms with van der Waals surface area (Å²) in [4.78, 5) is 16.6. The first-order valence-electron chi connectivity index (χ1n) is 6.38. The van der Waals surface area contributed by atoms with E-state index in [0.29, 0.717) is 5.56 Å². The second-order valence-corrected chi connectivity index (χ2v) is 6.67. The molecule has 0 saturated carbocycles. The number of nitrogens with one attached hydrogen (secondary N) is 1. The Morgan fingerprint density at radius 2 is 2.05 bits per heavy atom. The third kappa shape index (κ3) is 4.13. The average molecular weight is 304 g/mol. The summed E-state index contributed by atoms with van der Waals surface area (Å²) >= 11 is 0. The highest BCUT2D eigenvalue weighted by atomic mass is 32.2. The van der Waals surface area contributed by atoms with Crippen LogP contribution in [-0.4, -0.2) is 32.1 Å². The number of carbonyl (C=O) groups is 1. The molecule has 1 N–H and O–H groups in total. The maximum atomic E-state index is 12.2. The van der Waals surface area contributed by atoms with Gasteiger partial charge >= 0.3 is 0 Å². The minimum Gasteiger partial charge on any atom is -0.349 e. The molecule has 0 unspecified atom stereocenters. The highest BCUT2D eigenvalue weighted by Crippen LogP contribution is 2.17. The first-order valence-corrected chi connectivity index (χ1v) is 8.33. The maximum Gasteiger partial charge on any atom is 0.252 e. The van der Waals surface area contributed by atoms with Crippen molar-refractivity contribution in [2.24, 2.45) is 0 Å². The molecule has 0 aliphatic heterocycles. The second kappa shape index (κ2) is 6.05. The van der Waals surface area contributed by atoms with E-state index in [2.05, 4.69) is 10.3 Å². The van der Waals surface area contributed by atoms with Crippen molar-refractivity contribution in [2.75, 3.05) is 12.8 Å². The number of sulfone groups is 1. The van der Waals surface area contributed by atoms with Gasteiger partial charge in [-0.05, 0) is 19.1 Å². The maximum absolute atomic E-state index is 12.2. The van der Waals surface area contributed by atoms with Crippen molar-refractivity contribution in [3.8, 4) is 0 Å². The molecule has 1 heterocycles. The SMILES string of the molecule is Cc1cc(C(=O)NCC=CS(C)(=O)=O)c2ccccc2n1. The first-order chi connectivity index (χ1) is 9.87. The number of benzene rings is 1. The van der Waals surface area contributed by atoms with Crippen LogP contribution < -0.4 is 5.32 Å². The van der Waals surface area contributed by atoms with Gasteiger partial charge in [0.1, 0.15) is 0 Å². The molecule has 1 aromatic heterocycles. The van der Waals surface area contributed by atoms with Crippen LogP contribution in [0.15, 0.2) is 41.8 Å². The number of nitrogens with zero attached hydrogens (tertiary/aromatic N) is 1. The lowest BCUT2D eigenvalue weighted by atomic mass is 10.1. The largest absolute Gasteiger partial charge is 0.349 e. The number of para-hydroxylation sites is 1. The zero-order valence-corrected chi connectivity index (χ0v) is 12.6. The van der Waals surface area contributed by atoms with Crippen molar-refractivity contribution in [1.29, 1.82) is 0 Å². The Morgan fingerprint density at radius 3 is 2.76 bits per heavy atom. The highest BCUT2D eigenvalue weighted by Gasteiger charge is 2.10. The van der Waals surface area contributed by atoms with E-state index in [0.717, 1.165) is 28.3 Å². The van der Waals surface area contributed by atoms with Gasteiger partial charge in [0.15, 0.2) is 9.84 Å². The van der Waals surface area contributed by atoms with Crippen LogP contribution in [0.4, 0.5) is 0 Å². The Labute approximate surface area is 123 Å². The summed E-state index contributed by atoms with van der Waals surface area (Å²) < 4.78 is 21.9. The second-order valence-electron chi connectivity index (χ2n) is 4.74. The van der Waals surface area contributed by atoms with Crippen molar-refractivity contribution < 1.29 is 13.2 Å². The number of aryl methyl sites for hydroxylation is 1. The number of carbonyl (C=O) groups excluding carboxylic acids is 1. The lowest BCUT2D eigenvalue weighted by molar-refractivity contribution is 0.0959. The minimum absolute atomic E-state index is 0.154. The number of hydrogen-bond acceptors (Lipinski definition) is 4. The lowest BCUT2D eigenvalue weighted by Crippen LogP contribution is -2.24. The number of fused-ring (bicyclic) bond motifs is 1. The van der Waals surface area contributed by atoms with Crippen LogP contribution in [0.3, 0.4) is 0 Å². The predicted molar refractivity (Wildman–Crippen MR) is 82.8 cm³/mol. The molecule has 0 spiro atoms. The molecule has 0 aliphatic rings. The zero-order valence-electron chi connectivity index (χ0n) is 11.8. The van der Waals surface area contributed by atoms with Crippen LogP contribution in [0.25, 0.3) is 10.9 Å². The fourth-order valence-corrected chi connectivity index (χ4v) is 2.41. The van der Waals surface area contributed by atoms with E-state index in [4.69, 9.17) is 0 Å². The smallest absolute Gasteiger partial charge is 0.252 e. The number of amides is 1. The molecule has 0 bridgehead atoms. The molecule has 0 fully saturated rings. The zero-order chi connectivity index (χ0) is 15.5. The fourth-order valence-electron chi connectivity index (χ4n) is 1.97. The molecule has 2 rings (SSSR count). The third-order valence-corrected chi connectivity index (χ3v) is 3.50. The van der Waals surface area contributed by atoms with Gasteiger partial charge in [0.2, 0.25) is 0 Å². The molecule has 21 heavy (non-hydrogen) atoms. The molecule has 6 heteroatoms. The van der Waals surface area contributed by atoms with Crippen LogP contribution in [0.1, 0.15) is 16.1 Å². The Kier molecular flexibility index (Phi) is 4.37. The molecule has 0 atom stereocenters. The van der Waals surface area contributed by atoms with Gasteiger partial charge in [-0.25, -0.2) is 8.42 Å². The summed E-state index contributed by atoms with van der Waals surface area (Å²) in [7, 11) is -3.17. The van der Waals surface area contributed by atoms with Crippen molar-refractivity contribution in [3.63, 3.8) is 0 Å². The van der Waals surface area contributed by atoms with Crippen molar-refractivity contribution in [2.45, 2.75) is 6.92 Å². The van der Waals surface area contributed by atoms with Gasteiger partial charge in [0, 0.05) is 29.3 Å². The number of rotatable bonds is 4. The van der Waals surface area contributed by atoms with Gasteiger partial charge in [-0.2, -0.15) is 0 Å². The molecule has 2 aromatic rings. The molecular formula is C15H16N2O3S. The first kappa shape index (κ1) is 15.2. The summed E-state index contributed by atoms with van der Waals surface area (Å²) in [5.41, 5.74) is 2.05. The van der Waals surface area contributed by atoms with Crippen molar-refractivity contribution in [1.82, 2.24) is 10.3 Å². The fraction of sp³-hybridized carbons (Fsp3) is 0.200. The lowest BCUT2D eigenvalue weighted by Gasteiger charge is -2.07. The summed E-state index contributed by atoms with van der Waals surface area (Å²) in [6.07, 6.45) is 2.51. The molecule has 1 aromatic carbocycles. The van der Waals surface area contributed by atoms with E-state index >= 15 is 0 Å². The van der Waals surface area contributed by atoms with Gasteiger partial charge < -0.3 is 5.32 Å². The van der Waals surface area contributed by atoms with Crippen molar-refractivity contribution in [3.05, 3.63) is 53.1 Å². The summed E-state index contributed by atoms with van der Waals surface area (Å²) in [5.74, 6) is -0.255. The number of aromatic nitrogens is 1. The molecule has 1 amide bonds. The molecular weight excluding hydrogens is 288 g/mol. The van der Waals surface area contributed by atoms with Crippen LogP contribution >= 0.6 is 0 Å². The standard InChI is InChI=1S/C15H16N2O3S/c1-11-10-13(12-6-3-4-7-14(12)17-11)15(18)16-8-5-9-21(2,19)20/h3-7,9-10H,8H2,1-2H3,(H,16,18). The third-order valence-electron chi connectivity index (χ3n) is 2.81. The van der Waals surface area contributed by atoms with E-state index < -0.39 is 9.84 Å². The Bertz CT molecular complexity index is 811. The summed E-state index contributed by atoms with van der Waals surface area (Å²) in [6, 6.07) is 9.12. The summed E-state index contributed by atoms with van der Waals surface area (Å²) in [5, 5.41) is 4.52. The van der Waals surface area contributed by atoms with Gasteiger partial charge in [-0.3, -0.25) is 9.78 Å². The Balaban J connectivity index is 2.22. The molecule has 5 nitrogen and oxygen atoms in total. The molecule has 0 aliphatic carbocycles. The monoisotopic (exact) mass is 304 g/mol. The van der Waals surface area contributed by atoms with Gasteiger partial charge in [-0.15, -0.1) is 0 Å². The van der Waals surface area contributed by atoms with Gasteiger partial charge in [0.05, 0.1) is 11.1 Å². The average Bonchev–Trinajstić information content (AvgIpc) is 2.41. The van der Waals surface area contributed by atoms with E-state index in [1.807, 2.05) is 31.2 Å². The van der Waals surface area contributed by atoms with E-state index in [1.54, 1.807) is 6.07 Å². The molecule has 0 saturated heterocycles. The Morgan fingerprint density at radius 1 is 1.33 bits per heavy atom. The van der Waals surface area contributed by atoms with Crippen LogP contribution in [0.2, 0.25) is 0 Å². The normalized spacial score (nSPS) is 11.9. The van der Waals surface area contributed by atoms with Crippen LogP contribution in [0, 0.1) is 6.92 Å². The molecule has 110 valence electrons. The van der Waals surface area contributed by atoms with E-state index in [9.17, 15) is 13.2 Å². The predicted octanol–water partition coefficient (Wildman–Crippen LogP) is 1.83. The van der Waals surface area contributed by atoms with Gasteiger partial charge in [0.25, 0.3) is 5.91 Å². The topological polar surface area (TPSA) is 76.1 Å². The van der Waals surface area contributed by atoms with E-state index in [1.165, 1.54) is 6.08 Å². The van der Waals surface area contributed by atoms with Crippen molar-refractivity contribution >= 4 is 26.6 Å². The number of hydrogen-bond donors (Lipinski definition) is 1. The molecule has 0 radical (unpaired) electrons.